The number of anilines is 3. The van der Waals surface area contributed by atoms with Crippen molar-refractivity contribution in [3.8, 4) is 17.2 Å². The SMILES string of the molecule is CCOc1ccc(NC(=O)N(CCCNC(=O)Nc2cccc(C(F)(F)F)c2)c2ccc(Oc3ccccc3)cc2)cc1. The average Bonchev–Trinajstić information content (AvgIpc) is 2.99. The minimum atomic E-state index is -4.52. The van der Waals surface area contributed by atoms with Crippen molar-refractivity contribution >= 4 is 29.1 Å². The number of para-hydroxylation sites is 1. The molecule has 4 amide bonds. The van der Waals surface area contributed by atoms with Gasteiger partial charge in [0.1, 0.15) is 17.2 Å². The van der Waals surface area contributed by atoms with Crippen LogP contribution in [0.15, 0.2) is 103 Å². The highest BCUT2D eigenvalue weighted by atomic mass is 19.4. The van der Waals surface area contributed by atoms with E-state index in [-0.39, 0.29) is 18.8 Å². The van der Waals surface area contributed by atoms with Gasteiger partial charge in [0.05, 0.1) is 12.2 Å². The van der Waals surface area contributed by atoms with Crippen molar-refractivity contribution < 1.29 is 32.2 Å². The van der Waals surface area contributed by atoms with Gasteiger partial charge in [0.25, 0.3) is 0 Å². The molecule has 43 heavy (non-hydrogen) atoms. The molecule has 0 bridgehead atoms. The van der Waals surface area contributed by atoms with Crippen molar-refractivity contribution in [1.82, 2.24) is 5.32 Å². The third-order valence-electron chi connectivity index (χ3n) is 6.08. The van der Waals surface area contributed by atoms with Gasteiger partial charge in [0, 0.05) is 30.2 Å². The Balaban J connectivity index is 1.39. The Morgan fingerprint density at radius 1 is 0.767 bits per heavy atom. The van der Waals surface area contributed by atoms with Crippen LogP contribution in [0.1, 0.15) is 18.9 Å². The number of benzene rings is 4. The second-order valence-electron chi connectivity index (χ2n) is 9.26. The third kappa shape index (κ3) is 9.42. The fraction of sp³-hybridized carbons (Fsp3) is 0.188. The fourth-order valence-electron chi connectivity index (χ4n) is 4.05. The summed E-state index contributed by atoms with van der Waals surface area (Å²) >= 11 is 0. The summed E-state index contributed by atoms with van der Waals surface area (Å²) < 4.78 is 50.2. The average molecular weight is 593 g/mol. The van der Waals surface area contributed by atoms with Gasteiger partial charge in [-0.1, -0.05) is 24.3 Å². The molecule has 0 atom stereocenters. The minimum Gasteiger partial charge on any atom is -0.494 e. The van der Waals surface area contributed by atoms with Gasteiger partial charge in [-0.3, -0.25) is 4.90 Å². The number of halogens is 3. The summed E-state index contributed by atoms with van der Waals surface area (Å²) in [4.78, 5) is 27.2. The molecule has 0 fully saturated rings. The zero-order chi connectivity index (χ0) is 30.7. The molecule has 4 aromatic carbocycles. The Morgan fingerprint density at radius 2 is 1.44 bits per heavy atom. The maximum Gasteiger partial charge on any atom is 0.416 e. The molecule has 224 valence electrons. The van der Waals surface area contributed by atoms with Gasteiger partial charge in [0.2, 0.25) is 0 Å². The highest BCUT2D eigenvalue weighted by molar-refractivity contribution is 6.01. The number of nitrogens with zero attached hydrogens (tertiary/aromatic N) is 1. The lowest BCUT2D eigenvalue weighted by molar-refractivity contribution is -0.137. The molecule has 0 aromatic heterocycles. The molecule has 0 saturated heterocycles. The molecule has 0 aliphatic rings. The topological polar surface area (TPSA) is 91.9 Å². The van der Waals surface area contributed by atoms with Crippen molar-refractivity contribution in [2.75, 3.05) is 35.2 Å². The molecular weight excluding hydrogens is 561 g/mol. The van der Waals surface area contributed by atoms with Gasteiger partial charge < -0.3 is 25.4 Å². The van der Waals surface area contributed by atoms with E-state index in [9.17, 15) is 22.8 Å². The van der Waals surface area contributed by atoms with Gasteiger partial charge in [-0.2, -0.15) is 13.2 Å². The first-order valence-electron chi connectivity index (χ1n) is 13.6. The third-order valence-corrected chi connectivity index (χ3v) is 6.08. The summed E-state index contributed by atoms with van der Waals surface area (Å²) in [6, 6.07) is 26.6. The number of hydrogen-bond donors (Lipinski definition) is 3. The van der Waals surface area contributed by atoms with E-state index in [1.54, 1.807) is 48.5 Å². The smallest absolute Gasteiger partial charge is 0.416 e. The van der Waals surface area contributed by atoms with Crippen LogP contribution in [0.4, 0.5) is 39.8 Å². The van der Waals surface area contributed by atoms with Crippen molar-refractivity contribution in [1.29, 1.82) is 0 Å². The lowest BCUT2D eigenvalue weighted by Gasteiger charge is -2.24. The number of nitrogens with one attached hydrogen (secondary N) is 3. The number of ether oxygens (including phenoxy) is 2. The van der Waals surface area contributed by atoms with Gasteiger partial charge in [-0.15, -0.1) is 0 Å². The van der Waals surface area contributed by atoms with E-state index >= 15 is 0 Å². The Labute approximate surface area is 247 Å². The van der Waals surface area contributed by atoms with Gasteiger partial charge >= 0.3 is 18.2 Å². The molecule has 0 spiro atoms. The van der Waals surface area contributed by atoms with Crippen molar-refractivity contribution in [2.45, 2.75) is 19.5 Å². The number of urea groups is 2. The standard InChI is InChI=1S/C32H31F3N4O4/c1-2-42-27-16-12-24(13-17-27)38-31(41)39(26-14-18-29(19-15-26)43-28-10-4-3-5-11-28)21-7-20-36-30(40)37-25-9-6-8-23(22-25)32(33,34)35/h3-6,8-19,22H,2,7,20-21H2,1H3,(H,38,41)(H2,36,37,40). The Morgan fingerprint density at radius 3 is 2.12 bits per heavy atom. The predicted molar refractivity (Wildman–Crippen MR) is 160 cm³/mol. The summed E-state index contributed by atoms with van der Waals surface area (Å²) in [5.41, 5.74) is 0.319. The lowest BCUT2D eigenvalue weighted by Crippen LogP contribution is -2.38. The molecule has 0 unspecified atom stereocenters. The van der Waals surface area contributed by atoms with E-state index in [2.05, 4.69) is 16.0 Å². The molecule has 4 aromatic rings. The number of rotatable bonds is 11. The molecule has 0 aliphatic heterocycles. The van der Waals surface area contributed by atoms with Crippen LogP contribution in [0, 0.1) is 0 Å². The molecule has 8 nitrogen and oxygen atoms in total. The fourth-order valence-corrected chi connectivity index (χ4v) is 4.05. The largest absolute Gasteiger partial charge is 0.494 e. The van der Waals surface area contributed by atoms with E-state index in [1.807, 2.05) is 37.3 Å². The highest BCUT2D eigenvalue weighted by Gasteiger charge is 2.30. The van der Waals surface area contributed by atoms with Gasteiger partial charge in [0.15, 0.2) is 0 Å². The Kier molecular flexibility index (Phi) is 10.5. The quantitative estimate of drug-likeness (QED) is 0.153. The van der Waals surface area contributed by atoms with Gasteiger partial charge in [-0.05, 0) is 92.2 Å². The van der Waals surface area contributed by atoms with Crippen LogP contribution < -0.4 is 30.3 Å². The maximum absolute atomic E-state index is 13.3. The first-order chi connectivity index (χ1) is 20.7. The number of carbonyl (C=O) groups is 2. The Hall–Kier alpha value is -5.19. The summed E-state index contributed by atoms with van der Waals surface area (Å²) in [5.74, 6) is 1.95. The molecule has 0 aliphatic carbocycles. The van der Waals surface area contributed by atoms with Crippen LogP contribution in [0.25, 0.3) is 0 Å². The monoisotopic (exact) mass is 592 g/mol. The zero-order valence-electron chi connectivity index (χ0n) is 23.4. The molecular formula is C32H31F3N4O4. The number of carbonyl (C=O) groups excluding carboxylic acids is 2. The van der Waals surface area contributed by atoms with Crippen molar-refractivity contribution in [3.05, 3.63) is 109 Å². The van der Waals surface area contributed by atoms with E-state index < -0.39 is 23.8 Å². The number of amides is 4. The first kappa shape index (κ1) is 30.8. The van der Waals surface area contributed by atoms with Crippen molar-refractivity contribution in [3.63, 3.8) is 0 Å². The maximum atomic E-state index is 13.3. The molecule has 0 radical (unpaired) electrons. The normalized spacial score (nSPS) is 10.9. The van der Waals surface area contributed by atoms with Gasteiger partial charge in [-0.25, -0.2) is 9.59 Å². The Bertz CT molecular complexity index is 1480. The molecule has 0 heterocycles. The summed E-state index contributed by atoms with van der Waals surface area (Å²) in [5, 5.41) is 7.89. The first-order valence-corrected chi connectivity index (χ1v) is 13.6. The lowest BCUT2D eigenvalue weighted by atomic mass is 10.2. The van der Waals surface area contributed by atoms with E-state index in [0.717, 1.165) is 12.1 Å². The zero-order valence-corrected chi connectivity index (χ0v) is 23.4. The molecule has 11 heteroatoms. The summed E-state index contributed by atoms with van der Waals surface area (Å²) in [6.07, 6.45) is -4.16. The summed E-state index contributed by atoms with van der Waals surface area (Å²) in [7, 11) is 0. The van der Waals surface area contributed by atoms with Crippen LogP contribution in [0.5, 0.6) is 17.2 Å². The predicted octanol–water partition coefficient (Wildman–Crippen LogP) is 8.15. The van der Waals surface area contributed by atoms with Crippen LogP contribution in [0.3, 0.4) is 0 Å². The number of alkyl halides is 3. The van der Waals surface area contributed by atoms with E-state index in [1.165, 1.54) is 17.0 Å². The van der Waals surface area contributed by atoms with E-state index in [4.69, 9.17) is 9.47 Å². The van der Waals surface area contributed by atoms with Crippen LogP contribution in [0.2, 0.25) is 0 Å². The van der Waals surface area contributed by atoms with Crippen LogP contribution in [-0.2, 0) is 6.18 Å². The van der Waals surface area contributed by atoms with Crippen molar-refractivity contribution in [2.24, 2.45) is 0 Å². The summed E-state index contributed by atoms with van der Waals surface area (Å²) in [6.45, 7) is 2.79. The van der Waals surface area contributed by atoms with E-state index in [0.29, 0.717) is 41.7 Å². The second-order valence-corrected chi connectivity index (χ2v) is 9.26. The number of hydrogen-bond acceptors (Lipinski definition) is 4. The highest BCUT2D eigenvalue weighted by Crippen LogP contribution is 2.30. The minimum absolute atomic E-state index is 0.0153. The van der Waals surface area contributed by atoms with Crippen LogP contribution in [-0.4, -0.2) is 31.8 Å². The second kappa shape index (κ2) is 14.6. The molecule has 0 saturated carbocycles. The molecule has 3 N–H and O–H groups in total. The van der Waals surface area contributed by atoms with Crippen LogP contribution >= 0.6 is 0 Å². The molecule has 4 rings (SSSR count).